The summed E-state index contributed by atoms with van der Waals surface area (Å²) < 4.78 is 7.70. The van der Waals surface area contributed by atoms with Gasteiger partial charge in [0.1, 0.15) is 17.2 Å². The van der Waals surface area contributed by atoms with Gasteiger partial charge in [-0.3, -0.25) is 14.6 Å². The minimum Gasteiger partial charge on any atom is -0.480 e. The number of nitrogens with zero attached hydrogens (tertiary/aromatic N) is 5. The number of hydrogen-bond acceptors (Lipinski definition) is 6. The zero-order valence-electron chi connectivity index (χ0n) is 14.7. The van der Waals surface area contributed by atoms with Crippen molar-refractivity contribution in [3.63, 3.8) is 0 Å². The van der Waals surface area contributed by atoms with Crippen molar-refractivity contribution in [2.75, 3.05) is 39.4 Å². The Hall–Kier alpha value is -1.51. The maximum absolute atomic E-state index is 11.8. The molecule has 0 aliphatic carbocycles. The number of aliphatic carboxylic acids is 1. The molecule has 2 saturated heterocycles. The third-order valence-corrected chi connectivity index (χ3v) is 5.93. The summed E-state index contributed by atoms with van der Waals surface area (Å²) in [7, 11) is 0. The van der Waals surface area contributed by atoms with Crippen LogP contribution >= 0.6 is 0 Å². The van der Waals surface area contributed by atoms with E-state index in [0.29, 0.717) is 19.6 Å². The van der Waals surface area contributed by atoms with Crippen LogP contribution < -0.4 is 0 Å². The van der Waals surface area contributed by atoms with E-state index in [1.165, 1.54) is 19.3 Å². The van der Waals surface area contributed by atoms with Gasteiger partial charge >= 0.3 is 5.97 Å². The van der Waals surface area contributed by atoms with Gasteiger partial charge in [0, 0.05) is 52.2 Å². The van der Waals surface area contributed by atoms with E-state index < -0.39 is 11.5 Å². The van der Waals surface area contributed by atoms with Crippen LogP contribution in [0, 0.1) is 0 Å². The summed E-state index contributed by atoms with van der Waals surface area (Å²) in [6.07, 6.45) is 5.28. The highest BCUT2D eigenvalue weighted by molar-refractivity contribution is 5.79. The number of ether oxygens (including phenoxy) is 1. The SMILES string of the molecule is O=C(O)C1(N2CCN(Cc3nnc4n3CCCCC4)CC2)CCOC1. The van der Waals surface area contributed by atoms with Crippen LogP contribution in [0.5, 0.6) is 0 Å². The third kappa shape index (κ3) is 3.18. The summed E-state index contributed by atoms with van der Waals surface area (Å²) >= 11 is 0. The number of piperazine rings is 1. The molecule has 2 fully saturated rings. The fraction of sp³-hybridized carbons (Fsp3) is 0.824. The van der Waals surface area contributed by atoms with E-state index in [4.69, 9.17) is 4.74 Å². The molecule has 3 aliphatic rings. The van der Waals surface area contributed by atoms with Crippen LogP contribution in [0.15, 0.2) is 0 Å². The van der Waals surface area contributed by atoms with E-state index in [0.717, 1.165) is 57.3 Å². The molecule has 1 aromatic heterocycles. The molecule has 0 saturated carbocycles. The molecule has 8 heteroatoms. The Morgan fingerprint density at radius 1 is 1.12 bits per heavy atom. The molecule has 3 aliphatic heterocycles. The van der Waals surface area contributed by atoms with E-state index in [1.54, 1.807) is 0 Å². The second kappa shape index (κ2) is 7.01. The van der Waals surface area contributed by atoms with Crippen LogP contribution in [0.2, 0.25) is 0 Å². The van der Waals surface area contributed by atoms with Crippen molar-refractivity contribution < 1.29 is 14.6 Å². The number of rotatable bonds is 4. The lowest BCUT2D eigenvalue weighted by Gasteiger charge is -2.42. The second-order valence-corrected chi connectivity index (χ2v) is 7.40. The molecule has 0 aromatic carbocycles. The van der Waals surface area contributed by atoms with Gasteiger partial charge in [0.25, 0.3) is 0 Å². The van der Waals surface area contributed by atoms with Crippen molar-refractivity contribution in [2.24, 2.45) is 0 Å². The molecule has 1 aromatic rings. The van der Waals surface area contributed by atoms with Crippen LogP contribution in [-0.4, -0.2) is 80.6 Å². The van der Waals surface area contributed by atoms with E-state index in [9.17, 15) is 9.90 Å². The van der Waals surface area contributed by atoms with Crippen LogP contribution in [0.3, 0.4) is 0 Å². The quantitative estimate of drug-likeness (QED) is 0.840. The van der Waals surface area contributed by atoms with Gasteiger partial charge in [-0.05, 0) is 12.8 Å². The van der Waals surface area contributed by atoms with Crippen LogP contribution in [-0.2, 0) is 29.0 Å². The van der Waals surface area contributed by atoms with Crippen molar-refractivity contribution >= 4 is 5.97 Å². The zero-order chi connectivity index (χ0) is 17.3. The Balaban J connectivity index is 1.38. The molecule has 4 rings (SSSR count). The van der Waals surface area contributed by atoms with E-state index >= 15 is 0 Å². The van der Waals surface area contributed by atoms with Crippen molar-refractivity contribution in [2.45, 2.75) is 50.7 Å². The molecular weight excluding hydrogens is 322 g/mol. The summed E-state index contributed by atoms with van der Waals surface area (Å²) in [6, 6.07) is 0. The molecule has 138 valence electrons. The van der Waals surface area contributed by atoms with E-state index in [1.807, 2.05) is 0 Å². The Morgan fingerprint density at radius 2 is 1.96 bits per heavy atom. The highest BCUT2D eigenvalue weighted by Gasteiger charge is 2.48. The molecule has 0 radical (unpaired) electrons. The summed E-state index contributed by atoms with van der Waals surface area (Å²) in [5, 5.41) is 18.5. The fourth-order valence-corrected chi connectivity index (χ4v) is 4.30. The Kier molecular flexibility index (Phi) is 4.75. The Morgan fingerprint density at radius 3 is 2.68 bits per heavy atom. The van der Waals surface area contributed by atoms with Gasteiger partial charge in [0.05, 0.1) is 13.2 Å². The van der Waals surface area contributed by atoms with Gasteiger partial charge in [0.15, 0.2) is 0 Å². The monoisotopic (exact) mass is 349 g/mol. The zero-order valence-corrected chi connectivity index (χ0v) is 14.7. The first-order valence-electron chi connectivity index (χ1n) is 9.38. The number of carboxylic acids is 1. The summed E-state index contributed by atoms with van der Waals surface area (Å²) in [5.74, 6) is 1.43. The van der Waals surface area contributed by atoms with Crippen LogP contribution in [0.25, 0.3) is 0 Å². The van der Waals surface area contributed by atoms with Crippen LogP contribution in [0.1, 0.15) is 37.3 Å². The third-order valence-electron chi connectivity index (χ3n) is 5.93. The molecule has 0 amide bonds. The van der Waals surface area contributed by atoms with Crippen LogP contribution in [0.4, 0.5) is 0 Å². The summed E-state index contributed by atoms with van der Waals surface area (Å²) in [4.78, 5) is 16.3. The molecule has 1 N–H and O–H groups in total. The van der Waals surface area contributed by atoms with Gasteiger partial charge in [-0.1, -0.05) is 6.42 Å². The number of aryl methyl sites for hydroxylation is 1. The molecule has 1 atom stereocenters. The van der Waals surface area contributed by atoms with Crippen molar-refractivity contribution in [3.8, 4) is 0 Å². The highest BCUT2D eigenvalue weighted by atomic mass is 16.5. The largest absolute Gasteiger partial charge is 0.480 e. The predicted octanol–water partition coefficient (Wildman–Crippen LogP) is 0.366. The smallest absolute Gasteiger partial charge is 0.326 e. The normalized spacial score (nSPS) is 28.6. The fourth-order valence-electron chi connectivity index (χ4n) is 4.30. The summed E-state index contributed by atoms with van der Waals surface area (Å²) in [5.41, 5.74) is -0.821. The molecule has 4 heterocycles. The van der Waals surface area contributed by atoms with Gasteiger partial charge in [-0.2, -0.15) is 0 Å². The van der Waals surface area contributed by atoms with Gasteiger partial charge in [0.2, 0.25) is 0 Å². The molecule has 0 bridgehead atoms. The van der Waals surface area contributed by atoms with Gasteiger partial charge in [-0.25, -0.2) is 0 Å². The first-order chi connectivity index (χ1) is 12.2. The maximum atomic E-state index is 11.8. The average molecular weight is 349 g/mol. The lowest BCUT2D eigenvalue weighted by molar-refractivity contribution is -0.153. The summed E-state index contributed by atoms with van der Waals surface area (Å²) in [6.45, 7) is 5.91. The minimum atomic E-state index is -0.821. The molecule has 0 spiro atoms. The van der Waals surface area contributed by atoms with Crippen molar-refractivity contribution in [3.05, 3.63) is 11.6 Å². The molecule has 1 unspecified atom stereocenters. The number of fused-ring (bicyclic) bond motifs is 1. The Labute approximate surface area is 147 Å². The van der Waals surface area contributed by atoms with Gasteiger partial charge in [-0.15, -0.1) is 10.2 Å². The number of carboxylic acid groups (broad SMARTS) is 1. The lowest BCUT2D eigenvalue weighted by atomic mass is 9.95. The standard InChI is InChI=1S/C17H27N5O3/c23-16(24)17(5-11-25-13-17)21-9-7-20(8-10-21)12-15-19-18-14-4-2-1-3-6-22(14)15/h1-13H2,(H,23,24). The Bertz CT molecular complexity index is 618. The van der Waals surface area contributed by atoms with Crippen molar-refractivity contribution in [1.29, 1.82) is 0 Å². The number of hydrogen-bond donors (Lipinski definition) is 1. The topological polar surface area (TPSA) is 83.7 Å². The number of carbonyl (C=O) groups is 1. The maximum Gasteiger partial charge on any atom is 0.326 e. The average Bonchev–Trinajstić information content (AvgIpc) is 3.19. The van der Waals surface area contributed by atoms with Crippen molar-refractivity contribution in [1.82, 2.24) is 24.6 Å². The first kappa shape index (κ1) is 16.9. The molecular formula is C17H27N5O3. The lowest BCUT2D eigenvalue weighted by Crippen LogP contribution is -2.61. The predicted molar refractivity (Wildman–Crippen MR) is 90.2 cm³/mol. The molecule has 8 nitrogen and oxygen atoms in total. The highest BCUT2D eigenvalue weighted by Crippen LogP contribution is 2.28. The minimum absolute atomic E-state index is 0.306. The molecule has 25 heavy (non-hydrogen) atoms. The van der Waals surface area contributed by atoms with E-state index in [-0.39, 0.29) is 0 Å². The number of aromatic nitrogens is 3. The first-order valence-corrected chi connectivity index (χ1v) is 9.38. The van der Waals surface area contributed by atoms with E-state index in [2.05, 4.69) is 24.6 Å². The van der Waals surface area contributed by atoms with Gasteiger partial charge < -0.3 is 14.4 Å². The second-order valence-electron chi connectivity index (χ2n) is 7.40.